The van der Waals surface area contributed by atoms with Gasteiger partial charge in [0.15, 0.2) is 5.75 Å². The van der Waals surface area contributed by atoms with Crippen LogP contribution in [0.15, 0.2) is 47.4 Å². The van der Waals surface area contributed by atoms with Gasteiger partial charge in [0, 0.05) is 18.7 Å². The predicted octanol–water partition coefficient (Wildman–Crippen LogP) is 9.49. The van der Waals surface area contributed by atoms with Crippen molar-refractivity contribution in [1.82, 2.24) is 0 Å². The van der Waals surface area contributed by atoms with E-state index in [1.807, 2.05) is 0 Å². The van der Waals surface area contributed by atoms with Crippen molar-refractivity contribution in [2.24, 2.45) is 0 Å². The van der Waals surface area contributed by atoms with E-state index in [0.29, 0.717) is 12.2 Å². The lowest BCUT2D eigenvalue weighted by atomic mass is 10.0. The second kappa shape index (κ2) is 18.4. The molecule has 0 atom stereocenters. The van der Waals surface area contributed by atoms with E-state index >= 15 is 0 Å². The van der Waals surface area contributed by atoms with Gasteiger partial charge in [0.05, 0.1) is 10.7 Å². The van der Waals surface area contributed by atoms with Crippen LogP contribution in [0.1, 0.15) is 110 Å². The van der Waals surface area contributed by atoms with Crippen molar-refractivity contribution in [2.45, 2.75) is 115 Å². The molecule has 0 saturated heterocycles. The number of phenols is 1. The maximum absolute atomic E-state index is 12.6. The van der Waals surface area contributed by atoms with Crippen molar-refractivity contribution in [2.75, 3.05) is 11.9 Å². The van der Waals surface area contributed by atoms with E-state index in [2.05, 4.69) is 12.2 Å². The second-order valence-corrected chi connectivity index (χ2v) is 11.8. The van der Waals surface area contributed by atoms with Gasteiger partial charge in [0.2, 0.25) is 0 Å². The monoisotopic (exact) mass is 551 g/mol. The van der Waals surface area contributed by atoms with Crippen molar-refractivity contribution >= 4 is 27.4 Å². The fraction of sp³-hybridized carbons (Fsp3) is 0.600. The topological polar surface area (TPSA) is 75.6 Å². The molecule has 0 radical (unpaired) electrons. The molecule has 2 aromatic rings. The molecule has 0 aromatic heterocycles. The first-order chi connectivity index (χ1) is 17.9. The van der Waals surface area contributed by atoms with Gasteiger partial charge in [-0.25, -0.2) is 0 Å². The summed E-state index contributed by atoms with van der Waals surface area (Å²) in [5.41, 5.74) is 0.405. The molecule has 5 nitrogen and oxygen atoms in total. The van der Waals surface area contributed by atoms with Crippen LogP contribution in [0, 0.1) is 0 Å². The highest BCUT2D eigenvalue weighted by Crippen LogP contribution is 2.37. The molecule has 37 heavy (non-hydrogen) atoms. The summed E-state index contributed by atoms with van der Waals surface area (Å²) in [5, 5.41) is 13.2. The Hall–Kier alpha value is -1.92. The Morgan fingerprint density at radius 1 is 0.757 bits per heavy atom. The molecule has 0 fully saturated rings. The largest absolute Gasteiger partial charge is 0.506 e. The Labute approximate surface area is 230 Å². The van der Waals surface area contributed by atoms with E-state index in [4.69, 9.17) is 15.8 Å². The molecule has 2 rings (SSSR count). The highest BCUT2D eigenvalue weighted by molar-refractivity contribution is 7.87. The first-order valence-corrected chi connectivity index (χ1v) is 16.0. The highest BCUT2D eigenvalue weighted by atomic mass is 35.5. The van der Waals surface area contributed by atoms with Crippen LogP contribution < -0.4 is 9.50 Å². The second-order valence-electron chi connectivity index (χ2n) is 9.88. The zero-order valence-electron chi connectivity index (χ0n) is 22.5. The Bertz CT molecular complexity index is 983. The Morgan fingerprint density at radius 3 is 1.76 bits per heavy atom. The molecule has 2 N–H and O–H groups in total. The molecule has 0 heterocycles. The lowest BCUT2D eigenvalue weighted by molar-refractivity contribution is 0.469. The Balaban J connectivity index is 1.59. The zero-order chi connectivity index (χ0) is 26.8. The average molecular weight is 552 g/mol. The molecule has 0 aliphatic rings. The maximum atomic E-state index is 12.6. The van der Waals surface area contributed by atoms with Crippen LogP contribution in [0.3, 0.4) is 0 Å². The normalized spacial score (nSPS) is 11.5. The number of benzene rings is 2. The van der Waals surface area contributed by atoms with Crippen molar-refractivity contribution in [1.29, 1.82) is 0 Å². The zero-order valence-corrected chi connectivity index (χ0v) is 24.1. The van der Waals surface area contributed by atoms with Gasteiger partial charge in [-0.1, -0.05) is 133 Å². The smallest absolute Gasteiger partial charge is 0.339 e. The molecule has 0 saturated carbocycles. The Kier molecular flexibility index (Phi) is 15.5. The molecular formula is C30H46ClNO4S. The molecule has 0 bridgehead atoms. The number of nitrogens with one attached hydrogen (secondary N) is 1. The molecule has 7 heteroatoms. The number of hydrogen-bond donors (Lipinski definition) is 2. The molecule has 0 amide bonds. The van der Waals surface area contributed by atoms with Crippen LogP contribution in [-0.2, 0) is 10.1 Å². The van der Waals surface area contributed by atoms with E-state index in [1.165, 1.54) is 114 Å². The summed E-state index contributed by atoms with van der Waals surface area (Å²) in [6.45, 7) is 2.92. The van der Waals surface area contributed by atoms with Gasteiger partial charge in [-0.2, -0.15) is 8.42 Å². The summed E-state index contributed by atoms with van der Waals surface area (Å²) < 4.78 is 30.6. The minimum absolute atomic E-state index is 0.0335. The van der Waals surface area contributed by atoms with Crippen LogP contribution in [0.25, 0.3) is 0 Å². The summed E-state index contributed by atoms with van der Waals surface area (Å²) in [7, 11) is -4.01. The summed E-state index contributed by atoms with van der Waals surface area (Å²) in [5.74, 6) is -0.0521. The van der Waals surface area contributed by atoms with Crippen molar-refractivity contribution in [3.63, 3.8) is 0 Å². The van der Waals surface area contributed by atoms with E-state index in [1.54, 1.807) is 18.2 Å². The molecular weight excluding hydrogens is 506 g/mol. The van der Waals surface area contributed by atoms with Gasteiger partial charge in [-0.3, -0.25) is 0 Å². The van der Waals surface area contributed by atoms with E-state index in [9.17, 15) is 13.5 Å². The van der Waals surface area contributed by atoms with Crippen molar-refractivity contribution in [3.05, 3.63) is 47.5 Å². The number of aromatic hydroxyl groups is 1. The van der Waals surface area contributed by atoms with Crippen molar-refractivity contribution < 1.29 is 17.7 Å². The molecule has 0 spiro atoms. The minimum atomic E-state index is -4.01. The minimum Gasteiger partial charge on any atom is -0.506 e. The van der Waals surface area contributed by atoms with E-state index in [0.717, 1.165) is 12.8 Å². The third-order valence-corrected chi connectivity index (χ3v) is 8.18. The van der Waals surface area contributed by atoms with E-state index < -0.39 is 10.1 Å². The van der Waals surface area contributed by atoms with Gasteiger partial charge >= 0.3 is 10.1 Å². The lowest BCUT2D eigenvalue weighted by Gasteiger charge is -2.14. The number of rotatable bonds is 21. The third kappa shape index (κ3) is 12.9. The molecule has 0 aliphatic carbocycles. The third-order valence-electron chi connectivity index (χ3n) is 6.63. The van der Waals surface area contributed by atoms with Crippen LogP contribution >= 0.6 is 11.6 Å². The van der Waals surface area contributed by atoms with Crippen LogP contribution in [-0.4, -0.2) is 20.1 Å². The standard InChI is InChI=1S/C30H46ClNO4S/c1-2-3-4-5-6-7-8-9-10-11-12-13-14-15-16-20-23-32-28-25-29(33)27(31)24-30(28)36-37(34,35)26-21-18-17-19-22-26/h17-19,21-22,24-25,32-33H,2-16,20,23H2,1H3. The van der Waals surface area contributed by atoms with Gasteiger partial charge in [0.1, 0.15) is 10.6 Å². The fourth-order valence-electron chi connectivity index (χ4n) is 4.40. The van der Waals surface area contributed by atoms with Crippen LogP contribution in [0.2, 0.25) is 5.02 Å². The van der Waals surface area contributed by atoms with Gasteiger partial charge < -0.3 is 14.6 Å². The number of halogens is 1. The van der Waals surface area contributed by atoms with Crippen LogP contribution in [0.5, 0.6) is 11.5 Å². The van der Waals surface area contributed by atoms with Gasteiger partial charge in [-0.15, -0.1) is 0 Å². The first kappa shape index (κ1) is 31.3. The molecule has 2 aromatic carbocycles. The fourth-order valence-corrected chi connectivity index (χ4v) is 5.51. The summed E-state index contributed by atoms with van der Waals surface area (Å²) >= 11 is 6.02. The molecule has 0 aliphatic heterocycles. The van der Waals surface area contributed by atoms with Gasteiger partial charge in [-0.05, 0) is 18.6 Å². The number of anilines is 1. The highest BCUT2D eigenvalue weighted by Gasteiger charge is 2.20. The number of unbranched alkanes of at least 4 members (excludes halogenated alkanes) is 15. The lowest BCUT2D eigenvalue weighted by Crippen LogP contribution is -2.12. The first-order valence-electron chi connectivity index (χ1n) is 14.2. The summed E-state index contributed by atoms with van der Waals surface area (Å²) in [6.07, 6.45) is 21.0. The average Bonchev–Trinajstić information content (AvgIpc) is 2.89. The number of phenolic OH excluding ortho intramolecular Hbond substituents is 1. The van der Waals surface area contributed by atoms with Crippen molar-refractivity contribution in [3.8, 4) is 11.5 Å². The maximum Gasteiger partial charge on any atom is 0.339 e. The quantitative estimate of drug-likeness (QED) is 0.119. The molecule has 0 unspecified atom stereocenters. The molecule has 208 valence electrons. The van der Waals surface area contributed by atoms with E-state index in [-0.39, 0.29) is 21.4 Å². The predicted molar refractivity (Wildman–Crippen MR) is 155 cm³/mol. The Morgan fingerprint density at radius 2 is 1.24 bits per heavy atom. The number of hydrogen-bond acceptors (Lipinski definition) is 5. The summed E-state index contributed by atoms with van der Waals surface area (Å²) in [4.78, 5) is 0.0583. The van der Waals surface area contributed by atoms with Gasteiger partial charge in [0.25, 0.3) is 0 Å². The summed E-state index contributed by atoms with van der Waals surface area (Å²) in [6, 6.07) is 10.7. The van der Waals surface area contributed by atoms with Crippen LogP contribution in [0.4, 0.5) is 5.69 Å². The SMILES string of the molecule is CCCCCCCCCCCCCCCCCCNc1cc(O)c(Cl)cc1OS(=O)(=O)c1ccccc1.